The van der Waals surface area contributed by atoms with Crippen molar-refractivity contribution in [2.24, 2.45) is 0 Å². The van der Waals surface area contributed by atoms with Crippen LogP contribution < -0.4 is 10.1 Å². The minimum atomic E-state index is -0.176. The molecule has 8 heteroatoms. The van der Waals surface area contributed by atoms with Crippen molar-refractivity contribution in [1.29, 1.82) is 0 Å². The lowest BCUT2D eigenvalue weighted by atomic mass is 9.96. The van der Waals surface area contributed by atoms with Crippen LogP contribution in [0.3, 0.4) is 0 Å². The number of aromatic nitrogens is 2. The van der Waals surface area contributed by atoms with Gasteiger partial charge in [-0.1, -0.05) is 66.8 Å². The molecule has 0 unspecified atom stereocenters. The molecule has 3 heterocycles. The highest BCUT2D eigenvalue weighted by Crippen LogP contribution is 2.38. The third-order valence-corrected chi connectivity index (χ3v) is 6.74. The van der Waals surface area contributed by atoms with Crippen LogP contribution in [0.15, 0.2) is 54.7 Å². The summed E-state index contributed by atoms with van der Waals surface area (Å²) < 4.78 is 7.49. The van der Waals surface area contributed by atoms with Crippen LogP contribution in [0.25, 0.3) is 16.8 Å². The Balaban J connectivity index is 1.58. The molecule has 0 bridgehead atoms. The van der Waals surface area contributed by atoms with Gasteiger partial charge in [0.2, 0.25) is 0 Å². The van der Waals surface area contributed by atoms with Gasteiger partial charge in [0.25, 0.3) is 5.91 Å². The van der Waals surface area contributed by atoms with Crippen LogP contribution in [0.4, 0.5) is 0 Å². The topological polar surface area (TPSA) is 55.6 Å². The minimum Gasteiger partial charge on any atom is -0.493 e. The Bertz CT molecular complexity index is 1390. The van der Waals surface area contributed by atoms with Gasteiger partial charge in [-0.2, -0.15) is 5.10 Å². The Labute approximate surface area is 212 Å². The van der Waals surface area contributed by atoms with Gasteiger partial charge in [0.05, 0.1) is 40.6 Å². The summed E-state index contributed by atoms with van der Waals surface area (Å²) in [5.74, 6) is 0.681. The maximum Gasteiger partial charge on any atom is 0.253 e. The first-order valence-electron chi connectivity index (χ1n) is 11.0. The number of ether oxygens (including phenoxy) is 1. The van der Waals surface area contributed by atoms with Gasteiger partial charge < -0.3 is 10.1 Å². The number of carbonyl (C=O) groups is 1. The van der Waals surface area contributed by atoms with Crippen molar-refractivity contribution in [3.05, 3.63) is 86.5 Å². The molecule has 5 rings (SSSR count). The molecule has 0 saturated heterocycles. The van der Waals surface area contributed by atoms with Crippen LogP contribution in [0.1, 0.15) is 53.7 Å². The number of nitrogens with one attached hydrogen (secondary N) is 1. The van der Waals surface area contributed by atoms with E-state index < -0.39 is 0 Å². The number of amides is 1. The lowest BCUT2D eigenvalue weighted by Gasteiger charge is -2.27. The normalized spacial score (nSPS) is 15.3. The van der Waals surface area contributed by atoms with Gasteiger partial charge in [-0.05, 0) is 41.8 Å². The van der Waals surface area contributed by atoms with Crippen molar-refractivity contribution in [3.63, 3.8) is 0 Å². The van der Waals surface area contributed by atoms with E-state index in [0.717, 1.165) is 28.0 Å². The standard InChI is InChI=1S/C26H22Cl3N3O2/c1-14(2)24-19(26(33)31-21-7-8-34-23-6-4-3-5-18(21)23)13-30-32-22(24)12-20(29)25(32)15-9-16(27)11-17(28)10-15/h3-6,9-14,21H,7-8H2,1-2H3,(H,31,33)/t21-/m0/s1. The zero-order valence-electron chi connectivity index (χ0n) is 18.6. The minimum absolute atomic E-state index is 0.0509. The maximum absolute atomic E-state index is 13.5. The highest BCUT2D eigenvalue weighted by Gasteiger charge is 2.27. The molecule has 5 nitrogen and oxygen atoms in total. The van der Waals surface area contributed by atoms with Gasteiger partial charge in [0.15, 0.2) is 0 Å². The van der Waals surface area contributed by atoms with Crippen LogP contribution in [-0.2, 0) is 0 Å². The molecule has 0 radical (unpaired) electrons. The van der Waals surface area contributed by atoms with Gasteiger partial charge in [-0.3, -0.25) is 4.79 Å². The van der Waals surface area contributed by atoms with E-state index in [4.69, 9.17) is 39.5 Å². The Morgan fingerprint density at radius 1 is 1.12 bits per heavy atom. The van der Waals surface area contributed by atoms with Crippen molar-refractivity contribution in [2.45, 2.75) is 32.2 Å². The zero-order chi connectivity index (χ0) is 24.0. The Hall–Kier alpha value is -2.73. The summed E-state index contributed by atoms with van der Waals surface area (Å²) in [5.41, 5.74) is 4.57. The van der Waals surface area contributed by atoms with Gasteiger partial charge in [-0.25, -0.2) is 4.52 Å². The first kappa shape index (κ1) is 23.0. The second-order valence-corrected chi connectivity index (χ2v) is 9.90. The van der Waals surface area contributed by atoms with Crippen LogP contribution >= 0.6 is 34.8 Å². The number of nitrogens with zero attached hydrogens (tertiary/aromatic N) is 2. The van der Waals surface area contributed by atoms with E-state index in [9.17, 15) is 4.79 Å². The van der Waals surface area contributed by atoms with E-state index in [1.54, 1.807) is 28.9 Å². The molecule has 0 aliphatic carbocycles. The molecule has 0 saturated carbocycles. The van der Waals surface area contributed by atoms with Crippen molar-refractivity contribution in [3.8, 4) is 17.0 Å². The smallest absolute Gasteiger partial charge is 0.253 e. The fourth-order valence-corrected chi connectivity index (χ4v) is 5.39. The van der Waals surface area contributed by atoms with Crippen LogP contribution in [0.5, 0.6) is 5.75 Å². The van der Waals surface area contributed by atoms with Crippen molar-refractivity contribution in [2.75, 3.05) is 6.61 Å². The monoisotopic (exact) mass is 513 g/mol. The van der Waals surface area contributed by atoms with Crippen molar-refractivity contribution < 1.29 is 9.53 Å². The second-order valence-electron chi connectivity index (χ2n) is 8.62. The lowest BCUT2D eigenvalue weighted by molar-refractivity contribution is 0.0923. The average Bonchev–Trinajstić information content (AvgIpc) is 3.13. The zero-order valence-corrected chi connectivity index (χ0v) is 20.9. The summed E-state index contributed by atoms with van der Waals surface area (Å²) in [6.07, 6.45) is 2.31. The predicted octanol–water partition coefficient (Wildman–Crippen LogP) is 7.34. The molecule has 2 aromatic carbocycles. The summed E-state index contributed by atoms with van der Waals surface area (Å²) in [5, 5.41) is 9.30. The van der Waals surface area contributed by atoms with E-state index in [2.05, 4.69) is 10.4 Å². The molecule has 1 atom stereocenters. The van der Waals surface area contributed by atoms with Gasteiger partial charge >= 0.3 is 0 Å². The van der Waals surface area contributed by atoms with Crippen LogP contribution in [0, 0.1) is 0 Å². The average molecular weight is 515 g/mol. The fourth-order valence-electron chi connectivity index (χ4n) is 4.57. The van der Waals surface area contributed by atoms with E-state index in [1.165, 1.54) is 0 Å². The van der Waals surface area contributed by atoms with Gasteiger partial charge in [-0.15, -0.1) is 0 Å². The number of benzene rings is 2. The van der Waals surface area contributed by atoms with Gasteiger partial charge in [0, 0.05) is 27.6 Å². The SMILES string of the molecule is CC(C)c1c(C(=O)N[C@H]2CCOc3ccccc32)cnn2c(-c3cc(Cl)cc(Cl)c3)c(Cl)cc12. The predicted molar refractivity (Wildman–Crippen MR) is 137 cm³/mol. The summed E-state index contributed by atoms with van der Waals surface area (Å²) in [6.45, 7) is 4.65. The molecule has 34 heavy (non-hydrogen) atoms. The molecular weight excluding hydrogens is 493 g/mol. The first-order chi connectivity index (χ1) is 16.3. The number of carbonyl (C=O) groups excluding carboxylic acids is 1. The quantitative estimate of drug-likeness (QED) is 0.310. The molecule has 1 aliphatic rings. The molecule has 0 fully saturated rings. The number of hydrogen-bond donors (Lipinski definition) is 1. The summed E-state index contributed by atoms with van der Waals surface area (Å²) in [4.78, 5) is 13.5. The number of para-hydroxylation sites is 1. The number of rotatable bonds is 4. The molecule has 2 aromatic heterocycles. The third-order valence-electron chi connectivity index (χ3n) is 6.02. The largest absolute Gasteiger partial charge is 0.493 e. The van der Waals surface area contributed by atoms with Crippen molar-refractivity contribution >= 4 is 46.2 Å². The molecular formula is C26H22Cl3N3O2. The Morgan fingerprint density at radius 2 is 1.85 bits per heavy atom. The maximum atomic E-state index is 13.5. The van der Waals surface area contributed by atoms with E-state index >= 15 is 0 Å². The van der Waals surface area contributed by atoms with Crippen LogP contribution in [-0.4, -0.2) is 22.1 Å². The molecule has 4 aromatic rings. The Morgan fingerprint density at radius 3 is 2.59 bits per heavy atom. The van der Waals surface area contributed by atoms with E-state index in [0.29, 0.717) is 39.4 Å². The lowest BCUT2D eigenvalue weighted by Crippen LogP contribution is -2.33. The highest BCUT2D eigenvalue weighted by molar-refractivity contribution is 6.36. The molecule has 1 amide bonds. The number of hydrogen-bond acceptors (Lipinski definition) is 3. The number of halogens is 3. The number of fused-ring (bicyclic) bond motifs is 2. The molecule has 0 spiro atoms. The van der Waals surface area contributed by atoms with E-state index in [1.807, 2.05) is 44.2 Å². The molecule has 174 valence electrons. The first-order valence-corrected chi connectivity index (χ1v) is 12.2. The molecule has 1 aliphatic heterocycles. The van der Waals surface area contributed by atoms with E-state index in [-0.39, 0.29) is 17.9 Å². The van der Waals surface area contributed by atoms with Crippen molar-refractivity contribution in [1.82, 2.24) is 14.9 Å². The highest BCUT2D eigenvalue weighted by atomic mass is 35.5. The Kier molecular flexibility index (Phi) is 6.19. The third kappa shape index (κ3) is 4.13. The van der Waals surface area contributed by atoms with Crippen LogP contribution in [0.2, 0.25) is 15.1 Å². The summed E-state index contributed by atoms with van der Waals surface area (Å²) in [6, 6.07) is 14.8. The summed E-state index contributed by atoms with van der Waals surface area (Å²) >= 11 is 19.1. The fraction of sp³-hybridized carbons (Fsp3) is 0.231. The van der Waals surface area contributed by atoms with Gasteiger partial charge in [0.1, 0.15) is 5.75 Å². The second kappa shape index (κ2) is 9.14. The summed E-state index contributed by atoms with van der Waals surface area (Å²) in [7, 11) is 0. The molecule has 1 N–H and O–H groups in total.